The van der Waals surface area contributed by atoms with Crippen LogP contribution in [0, 0.1) is 5.92 Å². The van der Waals surface area contributed by atoms with Crippen LogP contribution in [-0.4, -0.2) is 241 Å². The summed E-state index contributed by atoms with van der Waals surface area (Å²) in [6, 6.07) is -3.13. The largest absolute Gasteiger partial charge is 0.480 e. The van der Waals surface area contributed by atoms with Gasteiger partial charge in [-0.25, -0.2) is 4.79 Å². The number of unbranched alkanes of at least 4 members (excludes halogenated alkanes) is 2. The number of likely N-dealkylation sites (tertiary alicyclic amines) is 1. The van der Waals surface area contributed by atoms with Crippen molar-refractivity contribution in [2.45, 2.75) is 108 Å². The Morgan fingerprint density at radius 3 is 1.74 bits per heavy atom. The van der Waals surface area contributed by atoms with Gasteiger partial charge in [0.05, 0.1) is 56.9 Å². The molecule has 12 N–H and O–H groups in total. The summed E-state index contributed by atoms with van der Waals surface area (Å²) in [6.07, 6.45) is 6.50. The second-order valence-corrected chi connectivity index (χ2v) is 18.7. The van der Waals surface area contributed by atoms with Crippen LogP contribution in [0.4, 0.5) is 4.79 Å². The minimum absolute atomic E-state index is 0.0116. The summed E-state index contributed by atoms with van der Waals surface area (Å²) < 4.78 is 0. The third kappa shape index (κ3) is 22.6. The van der Waals surface area contributed by atoms with Crippen molar-refractivity contribution in [2.24, 2.45) is 22.4 Å². The Balaban J connectivity index is 1.59. The van der Waals surface area contributed by atoms with Gasteiger partial charge in [-0.05, 0) is 70.1 Å². The highest BCUT2D eigenvalue weighted by molar-refractivity contribution is 5.94. The molecule has 0 radical (unpaired) electrons. The first-order valence-electron chi connectivity index (χ1n) is 24.6. The zero-order chi connectivity index (χ0) is 51.6. The highest BCUT2D eigenvalue weighted by Crippen LogP contribution is 2.19. The van der Waals surface area contributed by atoms with Crippen molar-refractivity contribution >= 4 is 59.6 Å². The van der Waals surface area contributed by atoms with E-state index < -0.39 is 42.1 Å². The lowest BCUT2D eigenvalue weighted by atomic mass is 9.88. The normalized spacial score (nSPS) is 20.8. The molecule has 3 saturated heterocycles. The number of carbonyl (C=O) groups is 9. The fourth-order valence-electron chi connectivity index (χ4n) is 8.74. The number of carboxylic acid groups (broad SMARTS) is 3. The van der Waals surface area contributed by atoms with E-state index in [0.29, 0.717) is 83.8 Å². The Kier molecular flexibility index (Phi) is 26.8. The molecule has 4 amide bonds. The molecule has 25 nitrogen and oxygen atoms in total. The minimum Gasteiger partial charge on any atom is -0.480 e. The topological polar surface area (TPSA) is 355 Å². The molecule has 3 fully saturated rings. The Bertz CT molecular complexity index is 1740. The lowest BCUT2D eigenvalue weighted by Gasteiger charge is -2.35. The van der Waals surface area contributed by atoms with E-state index in [1.54, 1.807) is 14.7 Å². The van der Waals surface area contributed by atoms with Crippen LogP contribution in [0.1, 0.15) is 78.1 Å². The molecular weight excluding hydrogens is 915 g/mol. The monoisotopic (exact) mass is 994 g/mol. The zero-order valence-corrected chi connectivity index (χ0v) is 41.0. The quantitative estimate of drug-likeness (QED) is 0.0148. The predicted octanol–water partition coefficient (Wildman–Crippen LogP) is -3.08. The zero-order valence-electron chi connectivity index (χ0n) is 41.0. The van der Waals surface area contributed by atoms with Crippen LogP contribution in [0.25, 0.3) is 0 Å². The van der Waals surface area contributed by atoms with Crippen molar-refractivity contribution < 1.29 is 58.5 Å². The summed E-state index contributed by atoms with van der Waals surface area (Å²) >= 11 is 0. The fraction of sp³-hybridized carbons (Fsp3) is 0.778. The Labute approximate surface area is 410 Å². The van der Waals surface area contributed by atoms with E-state index in [9.17, 15) is 58.5 Å². The van der Waals surface area contributed by atoms with Crippen molar-refractivity contribution in [1.29, 1.82) is 0 Å². The van der Waals surface area contributed by atoms with Crippen LogP contribution in [0.3, 0.4) is 0 Å². The van der Waals surface area contributed by atoms with Crippen LogP contribution in [-0.2, 0) is 38.4 Å². The van der Waals surface area contributed by atoms with E-state index in [4.69, 9.17) is 11.5 Å². The number of amides is 4. The number of nitrogens with one attached hydrogen (secondary N) is 5. The molecule has 3 aliphatic rings. The Hall–Kier alpha value is -5.34. The van der Waals surface area contributed by atoms with Gasteiger partial charge in [-0.3, -0.25) is 68.8 Å². The highest BCUT2D eigenvalue weighted by Gasteiger charge is 2.37. The van der Waals surface area contributed by atoms with Crippen molar-refractivity contribution in [3.05, 3.63) is 0 Å². The van der Waals surface area contributed by atoms with Gasteiger partial charge in [0.2, 0.25) is 11.8 Å². The molecule has 0 aromatic heterocycles. The van der Waals surface area contributed by atoms with Gasteiger partial charge in [0.15, 0.2) is 17.5 Å². The van der Waals surface area contributed by atoms with Gasteiger partial charge >= 0.3 is 23.9 Å². The number of carboxylic acids is 3. The van der Waals surface area contributed by atoms with E-state index in [1.807, 2.05) is 18.7 Å². The summed E-state index contributed by atoms with van der Waals surface area (Å²) in [5.41, 5.74) is 10.7. The molecule has 25 heteroatoms. The van der Waals surface area contributed by atoms with Gasteiger partial charge in [-0.1, -0.05) is 13.8 Å². The van der Waals surface area contributed by atoms with Crippen molar-refractivity contribution in [3.8, 4) is 0 Å². The molecular formula is C45H79N13O12. The van der Waals surface area contributed by atoms with Crippen LogP contribution < -0.4 is 38.1 Å². The fourth-order valence-corrected chi connectivity index (χ4v) is 8.74. The number of guanidine groups is 1. The molecule has 0 bridgehead atoms. The molecule has 396 valence electrons. The smallest absolute Gasteiger partial charge is 0.317 e. The SMILES string of the molecule is CC(C)[C@H](NC(=O)NCCCCC(NCC(=O)CN1CCN(CC(=O)O)CCN(CC(=O)O)CCN(CC(=O)O)CC1)C(=O)NCCCCC1N[C@@H](CCCN=C(N)N)C1=O)C(=O)N1CCC[C@H]1C=O. The summed E-state index contributed by atoms with van der Waals surface area (Å²) in [5.74, 6) is -4.17. The first-order valence-corrected chi connectivity index (χ1v) is 24.6. The number of carbonyl (C=O) groups excluding carboxylic acids is 6. The standard InChI is InChI=1S/C45H79N13O12/c1-31(2)40(43(69)58-16-8-9-32(58)30-59)53-45(70)50-14-6-4-11-36(42(68)48-13-5-3-10-34-41(67)35(52-34)12-7-15-49-44(46)47)51-25-33(60)26-54-17-19-55(27-37(61)62)21-23-57(29-39(65)66)24-22-56(20-18-54)28-38(63)64/h30-32,34-36,40,51-52H,3-29H2,1-2H3,(H,48,68)(H,61,62)(H,63,64)(H,65,66)(H4,46,47,49)(H2,50,53,70)/t32-,34?,35-,36?,40-/m0/s1. The van der Waals surface area contributed by atoms with Crippen molar-refractivity contribution in [1.82, 2.24) is 51.1 Å². The number of ketones is 2. The maximum Gasteiger partial charge on any atom is 0.317 e. The average molecular weight is 994 g/mol. The molecule has 3 heterocycles. The van der Waals surface area contributed by atoms with Crippen LogP contribution in [0.5, 0.6) is 0 Å². The lowest BCUT2D eigenvalue weighted by molar-refractivity contribution is -0.140. The molecule has 0 aromatic carbocycles. The van der Waals surface area contributed by atoms with Crippen LogP contribution in [0.2, 0.25) is 0 Å². The second-order valence-electron chi connectivity index (χ2n) is 18.7. The first kappa shape index (κ1) is 59.0. The second kappa shape index (κ2) is 31.8. The van der Waals surface area contributed by atoms with E-state index >= 15 is 0 Å². The van der Waals surface area contributed by atoms with E-state index in [1.165, 1.54) is 4.90 Å². The molecule has 0 aliphatic carbocycles. The Morgan fingerprint density at radius 2 is 1.24 bits per heavy atom. The summed E-state index contributed by atoms with van der Waals surface area (Å²) in [4.78, 5) is 125. The van der Waals surface area contributed by atoms with Crippen molar-refractivity contribution in [3.63, 3.8) is 0 Å². The van der Waals surface area contributed by atoms with Gasteiger partial charge in [-0.15, -0.1) is 0 Å². The number of nitrogens with zero attached hydrogens (tertiary/aromatic N) is 6. The number of nitrogens with two attached hydrogens (primary N) is 2. The number of Topliss-reactive ketones (excluding diaryl/α,β-unsaturated/α-hetero) is 2. The summed E-state index contributed by atoms with van der Waals surface area (Å²) in [5, 5.41) is 43.5. The van der Waals surface area contributed by atoms with Crippen molar-refractivity contribution in [2.75, 3.05) is 111 Å². The van der Waals surface area contributed by atoms with Gasteiger partial charge < -0.3 is 52.4 Å². The van der Waals surface area contributed by atoms with Gasteiger partial charge in [0.1, 0.15) is 12.3 Å². The minimum atomic E-state index is -1.06. The number of hydrogen-bond acceptors (Lipinski definition) is 16. The molecule has 0 spiro atoms. The number of aliphatic imine (C=N–C) groups is 1. The number of hydrogen-bond donors (Lipinski definition) is 10. The van der Waals surface area contributed by atoms with E-state index in [2.05, 4.69) is 31.6 Å². The van der Waals surface area contributed by atoms with Gasteiger partial charge in [0.25, 0.3) is 0 Å². The number of rotatable bonds is 30. The average Bonchev–Trinajstić information content (AvgIpc) is 3.78. The maximum absolute atomic E-state index is 13.6. The lowest BCUT2D eigenvalue weighted by Crippen LogP contribution is -2.62. The summed E-state index contributed by atoms with van der Waals surface area (Å²) in [6.45, 7) is 5.86. The molecule has 0 aromatic rings. The highest BCUT2D eigenvalue weighted by atomic mass is 16.4. The number of aldehydes is 1. The predicted molar refractivity (Wildman–Crippen MR) is 258 cm³/mol. The molecule has 70 heavy (non-hydrogen) atoms. The van der Waals surface area contributed by atoms with Gasteiger partial charge in [-0.2, -0.15) is 0 Å². The summed E-state index contributed by atoms with van der Waals surface area (Å²) in [7, 11) is 0. The molecule has 5 atom stereocenters. The third-order valence-electron chi connectivity index (χ3n) is 12.7. The maximum atomic E-state index is 13.6. The molecule has 3 aliphatic heterocycles. The van der Waals surface area contributed by atoms with Crippen LogP contribution >= 0.6 is 0 Å². The first-order chi connectivity index (χ1) is 33.4. The molecule has 0 saturated carbocycles. The number of aliphatic carboxylic acids is 3. The van der Waals surface area contributed by atoms with E-state index in [0.717, 1.165) is 6.29 Å². The third-order valence-corrected chi connectivity index (χ3v) is 12.7. The van der Waals surface area contributed by atoms with Crippen LogP contribution in [0.15, 0.2) is 4.99 Å². The molecule has 3 rings (SSSR count). The van der Waals surface area contributed by atoms with E-state index in [-0.39, 0.29) is 139 Å². The van der Waals surface area contributed by atoms with Gasteiger partial charge in [0, 0.05) is 78.5 Å². The Morgan fingerprint density at radius 1 is 0.729 bits per heavy atom. The number of urea groups is 1. The molecule has 2 unspecified atom stereocenters.